The molecule has 24 heavy (non-hydrogen) atoms. The van der Waals surface area contributed by atoms with Crippen LogP contribution in [0.15, 0.2) is 48.5 Å². The lowest BCUT2D eigenvalue weighted by molar-refractivity contribution is -0.719. The fourth-order valence-corrected chi connectivity index (χ4v) is 2.47. The predicted octanol–water partition coefficient (Wildman–Crippen LogP) is 1.53. The van der Waals surface area contributed by atoms with E-state index >= 15 is 0 Å². The molecule has 0 saturated heterocycles. The molecular weight excluding hydrogens is 316 g/mol. The molecule has 3 amide bonds. The van der Waals surface area contributed by atoms with Gasteiger partial charge >= 0.3 is 6.03 Å². The number of primary amides is 1. The summed E-state index contributed by atoms with van der Waals surface area (Å²) in [6.45, 7) is 1.68. The zero-order valence-corrected chi connectivity index (χ0v) is 13.0. The number of carbonyl (C=O) groups excluding carboxylic acids is 2. The van der Waals surface area contributed by atoms with Gasteiger partial charge in [-0.15, -0.1) is 0 Å². The molecule has 2 rings (SSSR count). The first-order chi connectivity index (χ1) is 11.4. The van der Waals surface area contributed by atoms with Gasteiger partial charge in [-0.25, -0.2) is 13.6 Å². The number of imide groups is 1. The third-order valence-corrected chi connectivity index (χ3v) is 3.62. The molecule has 2 aromatic rings. The van der Waals surface area contributed by atoms with Gasteiger partial charge in [-0.2, -0.15) is 0 Å². The Morgan fingerprint density at radius 3 is 2.38 bits per heavy atom. The van der Waals surface area contributed by atoms with Crippen LogP contribution in [0.5, 0.6) is 0 Å². The summed E-state index contributed by atoms with van der Waals surface area (Å²) in [5, 5.41) is 3.62. The second kappa shape index (κ2) is 7.65. The van der Waals surface area contributed by atoms with E-state index in [1.54, 1.807) is 42.6 Å². The fraction of sp³-hybridized carbons (Fsp3) is 0.176. The SMILES string of the molecule is C[C@H]([NH2+][C@@H](C(=O)NC(N)=O)c1ccccc1)c1ccc(F)cc1F. The number of halogens is 2. The largest absolute Gasteiger partial charge is 0.351 e. The van der Waals surface area contributed by atoms with E-state index in [9.17, 15) is 18.4 Å². The standard InChI is InChI=1S/C17H17F2N3O2/c1-10(13-8-7-12(18)9-14(13)19)21-15(16(23)22-17(20)24)11-5-3-2-4-6-11/h2-10,15,21H,1H3,(H3,20,22,23,24)/p+1/t10-,15+/m0/s1. The number of benzene rings is 2. The van der Waals surface area contributed by atoms with Crippen LogP contribution in [0.2, 0.25) is 0 Å². The first-order valence-corrected chi connectivity index (χ1v) is 7.33. The molecule has 5 nitrogen and oxygen atoms in total. The van der Waals surface area contributed by atoms with E-state index in [0.717, 1.165) is 12.1 Å². The summed E-state index contributed by atoms with van der Waals surface area (Å²) < 4.78 is 27.0. The zero-order valence-electron chi connectivity index (χ0n) is 13.0. The summed E-state index contributed by atoms with van der Waals surface area (Å²) >= 11 is 0. The minimum atomic E-state index is -0.963. The summed E-state index contributed by atoms with van der Waals surface area (Å²) in [6.07, 6.45) is 0. The molecule has 0 bridgehead atoms. The second-order valence-corrected chi connectivity index (χ2v) is 5.39. The summed E-state index contributed by atoms with van der Waals surface area (Å²) in [4.78, 5) is 23.2. The van der Waals surface area contributed by atoms with Gasteiger partial charge in [0.1, 0.15) is 17.7 Å². The van der Waals surface area contributed by atoms with E-state index in [4.69, 9.17) is 5.73 Å². The molecule has 2 atom stereocenters. The molecule has 0 aliphatic carbocycles. The summed E-state index contributed by atoms with van der Waals surface area (Å²) in [5.41, 5.74) is 5.89. The Balaban J connectivity index is 2.27. The van der Waals surface area contributed by atoms with Gasteiger partial charge in [-0.05, 0) is 19.1 Å². The average molecular weight is 334 g/mol. The van der Waals surface area contributed by atoms with E-state index in [1.165, 1.54) is 6.07 Å². The molecule has 7 heteroatoms. The Labute approximate surface area is 137 Å². The number of rotatable bonds is 5. The number of carbonyl (C=O) groups is 2. The van der Waals surface area contributed by atoms with Crippen LogP contribution >= 0.6 is 0 Å². The highest BCUT2D eigenvalue weighted by atomic mass is 19.1. The van der Waals surface area contributed by atoms with Crippen molar-refractivity contribution in [2.75, 3.05) is 0 Å². The third kappa shape index (κ3) is 4.36. The summed E-state index contributed by atoms with van der Waals surface area (Å²) in [5.74, 6) is -1.97. The molecule has 0 saturated carbocycles. The van der Waals surface area contributed by atoms with Crippen molar-refractivity contribution in [1.82, 2.24) is 5.32 Å². The summed E-state index contributed by atoms with van der Waals surface area (Å²) in [6, 6.07) is 9.74. The average Bonchev–Trinajstić information content (AvgIpc) is 2.52. The molecule has 2 aromatic carbocycles. The van der Waals surface area contributed by atoms with Crippen molar-refractivity contribution in [2.24, 2.45) is 5.73 Å². The zero-order chi connectivity index (χ0) is 17.7. The first kappa shape index (κ1) is 17.6. The van der Waals surface area contributed by atoms with Gasteiger partial charge < -0.3 is 11.1 Å². The smallest absolute Gasteiger partial charge is 0.319 e. The van der Waals surface area contributed by atoms with Crippen LogP contribution in [-0.2, 0) is 4.79 Å². The van der Waals surface area contributed by atoms with Crippen molar-refractivity contribution >= 4 is 11.9 Å². The highest BCUT2D eigenvalue weighted by Crippen LogP contribution is 2.17. The fourth-order valence-electron chi connectivity index (χ4n) is 2.47. The van der Waals surface area contributed by atoms with Crippen molar-refractivity contribution in [1.29, 1.82) is 0 Å². The maximum atomic E-state index is 13.9. The van der Waals surface area contributed by atoms with E-state index in [-0.39, 0.29) is 5.56 Å². The molecule has 0 spiro atoms. The second-order valence-electron chi connectivity index (χ2n) is 5.39. The van der Waals surface area contributed by atoms with E-state index in [1.807, 2.05) is 5.32 Å². The lowest BCUT2D eigenvalue weighted by Gasteiger charge is -2.20. The van der Waals surface area contributed by atoms with Crippen LogP contribution < -0.4 is 16.4 Å². The molecular formula is C17H18F2N3O2+. The highest BCUT2D eigenvalue weighted by molar-refractivity contribution is 5.96. The number of hydrogen-bond acceptors (Lipinski definition) is 2. The Bertz CT molecular complexity index is 738. The molecule has 0 aromatic heterocycles. The lowest BCUT2D eigenvalue weighted by atomic mass is 10.0. The lowest BCUT2D eigenvalue weighted by Crippen LogP contribution is -2.88. The van der Waals surface area contributed by atoms with Gasteiger partial charge in [-0.1, -0.05) is 30.3 Å². The number of hydrogen-bond donors (Lipinski definition) is 3. The maximum Gasteiger partial charge on any atom is 0.319 e. The maximum absolute atomic E-state index is 13.9. The van der Waals surface area contributed by atoms with Gasteiger partial charge in [0.25, 0.3) is 5.91 Å². The van der Waals surface area contributed by atoms with Gasteiger partial charge in [0, 0.05) is 17.2 Å². The monoisotopic (exact) mass is 334 g/mol. The van der Waals surface area contributed by atoms with Crippen molar-refractivity contribution in [3.8, 4) is 0 Å². The molecule has 0 heterocycles. The number of urea groups is 1. The molecule has 0 unspecified atom stereocenters. The van der Waals surface area contributed by atoms with Crippen LogP contribution in [0.25, 0.3) is 0 Å². The van der Waals surface area contributed by atoms with Gasteiger partial charge in [-0.3, -0.25) is 10.1 Å². The number of quaternary nitrogens is 1. The van der Waals surface area contributed by atoms with Crippen LogP contribution in [0.4, 0.5) is 13.6 Å². The van der Waals surface area contributed by atoms with Crippen LogP contribution in [0.1, 0.15) is 30.1 Å². The topological polar surface area (TPSA) is 88.8 Å². The number of amides is 3. The number of nitrogens with one attached hydrogen (secondary N) is 1. The normalized spacial score (nSPS) is 13.1. The molecule has 0 aliphatic heterocycles. The molecule has 0 radical (unpaired) electrons. The van der Waals surface area contributed by atoms with Gasteiger partial charge in [0.2, 0.25) is 0 Å². The number of nitrogens with two attached hydrogens (primary N) is 2. The Morgan fingerprint density at radius 2 is 1.79 bits per heavy atom. The molecule has 126 valence electrons. The quantitative estimate of drug-likeness (QED) is 0.774. The predicted molar refractivity (Wildman–Crippen MR) is 83.6 cm³/mol. The van der Waals surface area contributed by atoms with E-state index < -0.39 is 35.7 Å². The molecule has 5 N–H and O–H groups in total. The van der Waals surface area contributed by atoms with Crippen molar-refractivity contribution in [3.63, 3.8) is 0 Å². The van der Waals surface area contributed by atoms with Crippen LogP contribution in [0.3, 0.4) is 0 Å². The van der Waals surface area contributed by atoms with Crippen molar-refractivity contribution in [2.45, 2.75) is 19.0 Å². The third-order valence-electron chi connectivity index (χ3n) is 3.62. The highest BCUT2D eigenvalue weighted by Gasteiger charge is 2.28. The van der Waals surface area contributed by atoms with Gasteiger partial charge in [0.05, 0.1) is 0 Å². The van der Waals surface area contributed by atoms with Crippen molar-refractivity contribution < 1.29 is 23.7 Å². The van der Waals surface area contributed by atoms with E-state index in [2.05, 4.69) is 0 Å². The van der Waals surface area contributed by atoms with E-state index in [0.29, 0.717) is 5.56 Å². The van der Waals surface area contributed by atoms with Crippen molar-refractivity contribution in [3.05, 3.63) is 71.3 Å². The van der Waals surface area contributed by atoms with Crippen LogP contribution in [-0.4, -0.2) is 11.9 Å². The Kier molecular flexibility index (Phi) is 5.59. The van der Waals surface area contributed by atoms with Gasteiger partial charge in [0.15, 0.2) is 6.04 Å². The minimum absolute atomic E-state index is 0.254. The Hall–Kier alpha value is -2.80. The molecule has 0 aliphatic rings. The minimum Gasteiger partial charge on any atom is -0.351 e. The molecule has 0 fully saturated rings. The van der Waals surface area contributed by atoms with Crippen LogP contribution in [0, 0.1) is 11.6 Å². The summed E-state index contributed by atoms with van der Waals surface area (Å²) in [7, 11) is 0. The Morgan fingerprint density at radius 1 is 1.12 bits per heavy atom. The first-order valence-electron chi connectivity index (χ1n) is 7.33.